The number of nitrogens with one attached hydrogen (secondary N) is 1. The number of halogens is 5. The Bertz CT molecular complexity index is 1270. The van der Waals surface area contributed by atoms with Gasteiger partial charge in [0.2, 0.25) is 15.9 Å². The molecular formula is C22H20F5N3O3S. The molecule has 0 aliphatic rings. The monoisotopic (exact) mass is 501 g/mol. The van der Waals surface area contributed by atoms with E-state index in [1.165, 1.54) is 41.1 Å². The Balaban J connectivity index is 1.82. The lowest BCUT2D eigenvalue weighted by atomic mass is 10.1. The Hall–Kier alpha value is -3.41. The van der Waals surface area contributed by atoms with Gasteiger partial charge in [-0.2, -0.15) is 18.3 Å². The minimum atomic E-state index is -4.89. The van der Waals surface area contributed by atoms with Crippen molar-refractivity contribution < 1.29 is 35.1 Å². The number of sulfonamides is 1. The number of hydrogen-bond acceptors (Lipinski definition) is 4. The Labute approximate surface area is 192 Å². The first-order chi connectivity index (χ1) is 15.9. The average Bonchev–Trinajstić information content (AvgIpc) is 3.15. The Kier molecular flexibility index (Phi) is 7.29. The summed E-state index contributed by atoms with van der Waals surface area (Å²) < 4.78 is 95.5. The molecule has 0 spiro atoms. The molecule has 34 heavy (non-hydrogen) atoms. The van der Waals surface area contributed by atoms with E-state index in [2.05, 4.69) is 11.7 Å². The Morgan fingerprint density at radius 3 is 2.41 bits per heavy atom. The van der Waals surface area contributed by atoms with Crippen molar-refractivity contribution in [1.82, 2.24) is 14.5 Å². The van der Waals surface area contributed by atoms with Crippen LogP contribution in [0.2, 0.25) is 0 Å². The zero-order valence-electron chi connectivity index (χ0n) is 17.8. The largest absolute Gasteiger partial charge is 0.439 e. The molecule has 0 bridgehead atoms. The molecule has 0 fully saturated rings. The van der Waals surface area contributed by atoms with Crippen molar-refractivity contribution in [2.24, 2.45) is 0 Å². The van der Waals surface area contributed by atoms with Gasteiger partial charge in [0.1, 0.15) is 5.75 Å². The van der Waals surface area contributed by atoms with E-state index in [1.807, 2.05) is 11.6 Å². The summed E-state index contributed by atoms with van der Waals surface area (Å²) >= 11 is 0. The molecule has 1 aromatic heterocycles. The molecule has 0 aliphatic carbocycles. The number of hydrogen-bond donors (Lipinski definition) is 1. The number of rotatable bonds is 9. The number of alkyl halides is 5. The van der Waals surface area contributed by atoms with Gasteiger partial charge >= 0.3 is 6.18 Å². The van der Waals surface area contributed by atoms with E-state index in [-0.39, 0.29) is 16.8 Å². The van der Waals surface area contributed by atoms with Crippen LogP contribution in [0.1, 0.15) is 24.5 Å². The van der Waals surface area contributed by atoms with Gasteiger partial charge in [0.05, 0.1) is 5.69 Å². The fourth-order valence-corrected chi connectivity index (χ4v) is 4.01. The minimum Gasteiger partial charge on any atom is -0.439 e. The molecule has 1 heterocycles. The predicted octanol–water partition coefficient (Wildman–Crippen LogP) is 5.75. The highest BCUT2D eigenvalue weighted by Gasteiger charge is 2.35. The van der Waals surface area contributed by atoms with Crippen LogP contribution in [0.5, 0.6) is 11.6 Å². The van der Waals surface area contributed by atoms with Crippen LogP contribution in [0.3, 0.4) is 0 Å². The van der Waals surface area contributed by atoms with Crippen molar-refractivity contribution in [3.05, 3.63) is 72.3 Å². The van der Waals surface area contributed by atoms with Gasteiger partial charge in [0.25, 0.3) is 6.43 Å². The van der Waals surface area contributed by atoms with E-state index in [0.29, 0.717) is 29.4 Å². The molecule has 182 valence electrons. The molecular weight excluding hydrogens is 481 g/mol. The lowest BCUT2D eigenvalue weighted by molar-refractivity contribution is -0.106. The van der Waals surface area contributed by atoms with Gasteiger partial charge in [-0.15, -0.1) is 0 Å². The Morgan fingerprint density at radius 1 is 1.15 bits per heavy atom. The first kappa shape index (κ1) is 25.2. The highest BCUT2D eigenvalue weighted by atomic mass is 32.2. The van der Waals surface area contributed by atoms with Gasteiger partial charge in [-0.3, -0.25) is 4.72 Å². The van der Waals surface area contributed by atoms with Gasteiger partial charge in [-0.05, 0) is 42.8 Å². The van der Waals surface area contributed by atoms with E-state index >= 15 is 0 Å². The van der Waals surface area contributed by atoms with Gasteiger partial charge in [0.15, 0.2) is 5.75 Å². The van der Waals surface area contributed by atoms with Crippen LogP contribution < -0.4 is 9.46 Å². The topological polar surface area (TPSA) is 73.2 Å². The van der Waals surface area contributed by atoms with Gasteiger partial charge < -0.3 is 4.74 Å². The third-order valence-electron chi connectivity index (χ3n) is 4.54. The lowest BCUT2D eigenvalue weighted by Gasteiger charge is -2.13. The number of aromatic nitrogens is 2. The van der Waals surface area contributed by atoms with Crippen molar-refractivity contribution in [1.29, 1.82) is 0 Å². The quantitative estimate of drug-likeness (QED) is 0.379. The lowest BCUT2D eigenvalue weighted by Crippen LogP contribution is -2.32. The first-order valence-corrected chi connectivity index (χ1v) is 11.5. The standard InChI is InChI=1S/C22H20F5N3O3S/c1-3-30-20(33-18-9-7-15(8-10-18)21(23)24)12-19(28-30)17-6-4-5-16(11-17)14(2)29-34(31,32)13-22(25,26)27/h4-12,21,29H,2-3,13H2,1H3. The van der Waals surface area contributed by atoms with Gasteiger partial charge in [-0.1, -0.05) is 24.8 Å². The van der Waals surface area contributed by atoms with Crippen molar-refractivity contribution >= 4 is 15.7 Å². The number of benzene rings is 2. The predicted molar refractivity (Wildman–Crippen MR) is 117 cm³/mol. The Morgan fingerprint density at radius 2 is 1.82 bits per heavy atom. The maximum atomic E-state index is 12.7. The van der Waals surface area contributed by atoms with E-state index in [1.54, 1.807) is 18.2 Å². The molecule has 3 rings (SSSR count). The van der Waals surface area contributed by atoms with Crippen molar-refractivity contribution in [2.45, 2.75) is 26.1 Å². The number of ether oxygens (including phenoxy) is 1. The summed E-state index contributed by atoms with van der Waals surface area (Å²) in [4.78, 5) is 0. The second kappa shape index (κ2) is 9.84. The molecule has 2 aromatic carbocycles. The van der Waals surface area contributed by atoms with Crippen molar-refractivity contribution in [3.63, 3.8) is 0 Å². The molecule has 12 heteroatoms. The summed E-state index contributed by atoms with van der Waals surface area (Å²) in [6.45, 7) is 5.77. The number of aryl methyl sites for hydroxylation is 1. The van der Waals surface area contributed by atoms with Crippen LogP contribution in [0, 0.1) is 0 Å². The summed E-state index contributed by atoms with van der Waals surface area (Å²) in [7, 11) is -4.68. The first-order valence-electron chi connectivity index (χ1n) is 9.87. The fourth-order valence-electron chi connectivity index (χ4n) is 3.02. The second-order valence-corrected chi connectivity index (χ2v) is 8.91. The maximum Gasteiger partial charge on any atom is 0.404 e. The molecule has 0 radical (unpaired) electrons. The van der Waals surface area contributed by atoms with Crippen LogP contribution >= 0.6 is 0 Å². The van der Waals surface area contributed by atoms with Crippen LogP contribution in [-0.4, -0.2) is 30.1 Å². The smallest absolute Gasteiger partial charge is 0.404 e. The number of nitrogens with zero attached hydrogens (tertiary/aromatic N) is 2. The third kappa shape index (κ3) is 6.56. The zero-order valence-corrected chi connectivity index (χ0v) is 18.6. The summed E-state index contributed by atoms with van der Waals surface area (Å²) in [5.41, 5.74) is 0.850. The zero-order chi connectivity index (χ0) is 25.1. The summed E-state index contributed by atoms with van der Waals surface area (Å²) in [6.07, 6.45) is -7.49. The maximum absolute atomic E-state index is 12.7. The SMILES string of the molecule is C=C(NS(=O)(=O)CC(F)(F)F)c1cccc(-c2cc(Oc3ccc(C(F)F)cc3)n(CC)n2)c1. The molecule has 0 saturated carbocycles. The van der Waals surface area contributed by atoms with Gasteiger partial charge in [0, 0.05) is 29.4 Å². The van der Waals surface area contributed by atoms with E-state index in [4.69, 9.17) is 4.74 Å². The molecule has 3 aromatic rings. The summed E-state index contributed by atoms with van der Waals surface area (Å²) in [5, 5.41) is 4.42. The highest BCUT2D eigenvalue weighted by Crippen LogP contribution is 2.30. The van der Waals surface area contributed by atoms with Gasteiger partial charge in [-0.25, -0.2) is 21.9 Å². The second-order valence-electron chi connectivity index (χ2n) is 7.19. The van der Waals surface area contributed by atoms with Crippen LogP contribution in [-0.2, 0) is 16.6 Å². The normalized spacial score (nSPS) is 12.1. The molecule has 0 unspecified atom stereocenters. The molecule has 0 saturated heterocycles. The molecule has 6 nitrogen and oxygen atoms in total. The minimum absolute atomic E-state index is 0.139. The van der Waals surface area contributed by atoms with E-state index < -0.39 is 28.4 Å². The molecule has 0 atom stereocenters. The fraction of sp³-hybridized carbons (Fsp3) is 0.227. The summed E-state index contributed by atoms with van der Waals surface area (Å²) in [5.74, 6) is -1.37. The van der Waals surface area contributed by atoms with E-state index in [9.17, 15) is 30.4 Å². The summed E-state index contributed by atoms with van der Waals surface area (Å²) in [6, 6.07) is 13.2. The van der Waals surface area contributed by atoms with Crippen molar-refractivity contribution in [3.8, 4) is 22.9 Å². The van der Waals surface area contributed by atoms with E-state index in [0.717, 1.165) is 0 Å². The van der Waals surface area contributed by atoms with Crippen LogP contribution in [0.4, 0.5) is 22.0 Å². The van der Waals surface area contributed by atoms with Crippen LogP contribution in [0.25, 0.3) is 17.0 Å². The molecule has 1 N–H and O–H groups in total. The molecule has 0 amide bonds. The average molecular weight is 501 g/mol. The van der Waals surface area contributed by atoms with Crippen LogP contribution in [0.15, 0.2) is 61.2 Å². The third-order valence-corrected chi connectivity index (χ3v) is 5.80. The molecule has 0 aliphatic heterocycles. The highest BCUT2D eigenvalue weighted by molar-refractivity contribution is 7.89. The van der Waals surface area contributed by atoms with Crippen molar-refractivity contribution in [2.75, 3.05) is 5.75 Å².